The van der Waals surface area contributed by atoms with Gasteiger partial charge in [-0.05, 0) is 18.2 Å². The highest BCUT2D eigenvalue weighted by molar-refractivity contribution is 6.03. The summed E-state index contributed by atoms with van der Waals surface area (Å²) < 4.78 is 0. The van der Waals surface area contributed by atoms with Gasteiger partial charge in [-0.2, -0.15) is 0 Å². The third-order valence-corrected chi connectivity index (χ3v) is 2.43. The number of nitrogens with zero attached hydrogens (tertiary/aromatic N) is 1. The van der Waals surface area contributed by atoms with Crippen molar-refractivity contribution in [3.8, 4) is 0 Å². The number of carboxylic acid groups (broad SMARTS) is 1. The van der Waals surface area contributed by atoms with Gasteiger partial charge in [0.15, 0.2) is 0 Å². The van der Waals surface area contributed by atoms with Crippen LogP contribution in [0.15, 0.2) is 30.5 Å². The highest BCUT2D eigenvalue weighted by atomic mass is 16.4. The molecule has 6 nitrogen and oxygen atoms in total. The summed E-state index contributed by atoms with van der Waals surface area (Å²) in [5.74, 6) is -1.05. The van der Waals surface area contributed by atoms with Crippen molar-refractivity contribution < 1.29 is 14.7 Å². The molecule has 18 heavy (non-hydrogen) atoms. The molecule has 2 amide bonds. The summed E-state index contributed by atoms with van der Waals surface area (Å²) in [6.07, 6.45) is 1.58. The molecule has 1 aromatic heterocycles. The molecular formula is C12H11N3O3. The van der Waals surface area contributed by atoms with Crippen LogP contribution in [0, 0.1) is 0 Å². The Bertz CT molecular complexity index is 625. The number of pyridine rings is 1. The van der Waals surface area contributed by atoms with Crippen molar-refractivity contribution in [3.63, 3.8) is 0 Å². The van der Waals surface area contributed by atoms with Crippen molar-refractivity contribution in [2.45, 2.75) is 0 Å². The Labute approximate surface area is 103 Å². The quantitative estimate of drug-likeness (QED) is 0.750. The third kappa shape index (κ3) is 2.22. The maximum absolute atomic E-state index is 11.3. The minimum Gasteiger partial charge on any atom is -0.478 e. The van der Waals surface area contributed by atoms with Gasteiger partial charge in [-0.3, -0.25) is 4.98 Å². The van der Waals surface area contributed by atoms with Gasteiger partial charge < -0.3 is 15.7 Å². The van der Waals surface area contributed by atoms with Crippen LogP contribution in [0.2, 0.25) is 0 Å². The first kappa shape index (κ1) is 11.8. The van der Waals surface area contributed by atoms with Crippen LogP contribution in [0.4, 0.5) is 10.5 Å². The predicted octanol–water partition coefficient (Wildman–Crippen LogP) is 1.68. The number of fused-ring (bicyclic) bond motifs is 1. The lowest BCUT2D eigenvalue weighted by Crippen LogP contribution is -2.24. The van der Waals surface area contributed by atoms with Crippen LogP contribution < -0.4 is 10.6 Å². The molecule has 3 N–H and O–H groups in total. The molecule has 92 valence electrons. The average Bonchev–Trinajstić information content (AvgIpc) is 2.38. The van der Waals surface area contributed by atoms with E-state index in [0.717, 1.165) is 0 Å². The summed E-state index contributed by atoms with van der Waals surface area (Å²) in [4.78, 5) is 26.4. The van der Waals surface area contributed by atoms with Gasteiger partial charge in [-0.15, -0.1) is 0 Å². The molecule has 0 saturated carbocycles. The molecule has 6 heteroatoms. The monoisotopic (exact) mass is 245 g/mol. The summed E-state index contributed by atoms with van der Waals surface area (Å²) in [6.45, 7) is 0. The summed E-state index contributed by atoms with van der Waals surface area (Å²) in [6, 6.07) is 5.91. The van der Waals surface area contributed by atoms with Crippen LogP contribution >= 0.6 is 0 Å². The normalized spacial score (nSPS) is 10.1. The molecule has 0 saturated heterocycles. The molecule has 1 heterocycles. The van der Waals surface area contributed by atoms with Gasteiger partial charge in [0.05, 0.1) is 16.8 Å². The standard InChI is InChI=1S/C12H11N3O3/c1-13-12(18)15-9-6-8(11(16)17)5-7-3-2-4-14-10(7)9/h2-6H,1H3,(H,16,17)(H2,13,15,18). The molecule has 0 aliphatic heterocycles. The number of anilines is 1. The van der Waals surface area contributed by atoms with Gasteiger partial charge in [0, 0.05) is 18.6 Å². The molecule has 2 aromatic rings. The zero-order valence-electron chi connectivity index (χ0n) is 9.60. The summed E-state index contributed by atoms with van der Waals surface area (Å²) in [5, 5.41) is 14.6. The van der Waals surface area contributed by atoms with Crippen molar-refractivity contribution in [1.82, 2.24) is 10.3 Å². The molecule has 0 aliphatic carbocycles. The van der Waals surface area contributed by atoms with E-state index < -0.39 is 12.0 Å². The molecule has 2 rings (SSSR count). The van der Waals surface area contributed by atoms with Crippen LogP contribution in [-0.2, 0) is 0 Å². The third-order valence-electron chi connectivity index (χ3n) is 2.43. The Balaban J connectivity index is 2.60. The number of carbonyl (C=O) groups excluding carboxylic acids is 1. The second kappa shape index (κ2) is 4.70. The first-order chi connectivity index (χ1) is 8.61. The van der Waals surface area contributed by atoms with E-state index in [2.05, 4.69) is 15.6 Å². The Morgan fingerprint density at radius 3 is 2.78 bits per heavy atom. The van der Waals surface area contributed by atoms with Gasteiger partial charge >= 0.3 is 12.0 Å². The lowest BCUT2D eigenvalue weighted by molar-refractivity contribution is 0.0697. The minimum absolute atomic E-state index is 0.0990. The number of aromatic nitrogens is 1. The minimum atomic E-state index is -1.05. The Hall–Kier alpha value is -2.63. The average molecular weight is 245 g/mol. The summed E-state index contributed by atoms with van der Waals surface area (Å²) in [7, 11) is 1.48. The van der Waals surface area contributed by atoms with Crippen LogP contribution in [0.1, 0.15) is 10.4 Å². The highest BCUT2D eigenvalue weighted by Gasteiger charge is 2.11. The lowest BCUT2D eigenvalue weighted by atomic mass is 10.1. The van der Waals surface area contributed by atoms with Gasteiger partial charge in [-0.1, -0.05) is 6.07 Å². The molecule has 0 unspecified atom stereocenters. The number of carboxylic acids is 1. The van der Waals surface area contributed by atoms with E-state index in [-0.39, 0.29) is 5.56 Å². The van der Waals surface area contributed by atoms with Crippen molar-refractivity contribution in [2.75, 3.05) is 12.4 Å². The molecule has 0 fully saturated rings. The molecule has 0 atom stereocenters. The van der Waals surface area contributed by atoms with Gasteiger partial charge in [0.1, 0.15) is 0 Å². The lowest BCUT2D eigenvalue weighted by Gasteiger charge is -2.08. The number of amides is 2. The fourth-order valence-corrected chi connectivity index (χ4v) is 1.60. The molecule has 0 radical (unpaired) electrons. The molecule has 0 bridgehead atoms. The highest BCUT2D eigenvalue weighted by Crippen LogP contribution is 2.23. The SMILES string of the molecule is CNC(=O)Nc1cc(C(=O)O)cc2cccnc12. The van der Waals surface area contributed by atoms with Crippen molar-refractivity contribution in [3.05, 3.63) is 36.0 Å². The van der Waals surface area contributed by atoms with Crippen LogP contribution in [0.5, 0.6) is 0 Å². The molecule has 0 aliphatic rings. The van der Waals surface area contributed by atoms with Gasteiger partial charge in [-0.25, -0.2) is 9.59 Å². The molecule has 0 spiro atoms. The predicted molar refractivity (Wildman–Crippen MR) is 66.8 cm³/mol. The number of carbonyl (C=O) groups is 2. The van der Waals surface area contributed by atoms with E-state index in [1.54, 1.807) is 18.3 Å². The fourth-order valence-electron chi connectivity index (χ4n) is 1.60. The number of rotatable bonds is 2. The van der Waals surface area contributed by atoms with Crippen LogP contribution in [0.3, 0.4) is 0 Å². The Kier molecular flexibility index (Phi) is 3.09. The smallest absolute Gasteiger partial charge is 0.335 e. The first-order valence-electron chi connectivity index (χ1n) is 5.22. The van der Waals surface area contributed by atoms with E-state index in [1.807, 2.05) is 0 Å². The van der Waals surface area contributed by atoms with Crippen molar-refractivity contribution >= 4 is 28.6 Å². The number of benzene rings is 1. The number of aromatic carboxylic acids is 1. The number of hydrogen-bond donors (Lipinski definition) is 3. The fraction of sp³-hybridized carbons (Fsp3) is 0.0833. The second-order valence-corrected chi connectivity index (χ2v) is 3.61. The summed E-state index contributed by atoms with van der Waals surface area (Å²) >= 11 is 0. The maximum Gasteiger partial charge on any atom is 0.335 e. The second-order valence-electron chi connectivity index (χ2n) is 3.61. The Morgan fingerprint density at radius 2 is 2.11 bits per heavy atom. The van der Waals surface area contributed by atoms with E-state index in [4.69, 9.17) is 5.11 Å². The largest absolute Gasteiger partial charge is 0.478 e. The number of hydrogen-bond acceptors (Lipinski definition) is 3. The van der Waals surface area contributed by atoms with Crippen LogP contribution in [-0.4, -0.2) is 29.1 Å². The first-order valence-corrected chi connectivity index (χ1v) is 5.22. The van der Waals surface area contributed by atoms with Crippen LogP contribution in [0.25, 0.3) is 10.9 Å². The topological polar surface area (TPSA) is 91.3 Å². The van der Waals surface area contributed by atoms with E-state index in [9.17, 15) is 9.59 Å². The maximum atomic E-state index is 11.3. The Morgan fingerprint density at radius 1 is 1.33 bits per heavy atom. The van der Waals surface area contributed by atoms with Gasteiger partial charge in [0.2, 0.25) is 0 Å². The van der Waals surface area contributed by atoms with E-state index in [0.29, 0.717) is 16.6 Å². The number of nitrogens with one attached hydrogen (secondary N) is 2. The van der Waals surface area contributed by atoms with E-state index >= 15 is 0 Å². The molecular weight excluding hydrogens is 234 g/mol. The zero-order valence-corrected chi connectivity index (χ0v) is 9.60. The van der Waals surface area contributed by atoms with Crippen molar-refractivity contribution in [1.29, 1.82) is 0 Å². The zero-order chi connectivity index (χ0) is 13.1. The van der Waals surface area contributed by atoms with E-state index in [1.165, 1.54) is 19.2 Å². The summed E-state index contributed by atoms with van der Waals surface area (Å²) in [5.41, 5.74) is 1.01. The van der Waals surface area contributed by atoms with Gasteiger partial charge in [0.25, 0.3) is 0 Å². The molecule has 1 aromatic carbocycles. The van der Waals surface area contributed by atoms with Crippen molar-refractivity contribution in [2.24, 2.45) is 0 Å². The number of urea groups is 1.